The number of benzene rings is 2. The molecule has 0 saturated carbocycles. The number of carboxylic acid groups (broad SMARTS) is 1. The van der Waals surface area contributed by atoms with Gasteiger partial charge in [-0.15, -0.1) is 0 Å². The van der Waals surface area contributed by atoms with E-state index in [1.165, 1.54) is 36.4 Å². The minimum atomic E-state index is -3.84. The quantitative estimate of drug-likeness (QED) is 0.739. The van der Waals surface area contributed by atoms with E-state index in [1.807, 2.05) is 0 Å². The van der Waals surface area contributed by atoms with Crippen LogP contribution in [0.3, 0.4) is 0 Å². The topological polar surface area (TPSA) is 142 Å². The monoisotopic (exact) mass is 321 g/mol. The Morgan fingerprint density at radius 3 is 2.27 bits per heavy atom. The van der Waals surface area contributed by atoms with Crippen LogP contribution in [-0.2, 0) is 10.0 Å². The van der Waals surface area contributed by atoms with Gasteiger partial charge in [0, 0.05) is 0 Å². The molecule has 0 saturated heterocycles. The fourth-order valence-corrected chi connectivity index (χ4v) is 2.15. The summed E-state index contributed by atoms with van der Waals surface area (Å²) >= 11 is 0. The average Bonchev–Trinajstić information content (AvgIpc) is 2.45. The first kappa shape index (κ1) is 15.6. The third-order valence-electron chi connectivity index (χ3n) is 2.64. The second-order valence-corrected chi connectivity index (χ2v) is 5.81. The van der Waals surface area contributed by atoms with Gasteiger partial charge in [0.25, 0.3) is 0 Å². The zero-order valence-corrected chi connectivity index (χ0v) is 11.9. The Morgan fingerprint density at radius 1 is 1.05 bits per heavy atom. The smallest absolute Gasteiger partial charge is 0.339 e. The summed E-state index contributed by atoms with van der Waals surface area (Å²) in [5, 5.41) is 30.9. The first-order chi connectivity index (χ1) is 10.3. The Kier molecular flexibility index (Phi) is 4.20. The fraction of sp³-hybridized carbons (Fsp3) is 0. The predicted octanol–water partition coefficient (Wildman–Crippen LogP) is 2.15. The van der Waals surface area contributed by atoms with Crippen molar-refractivity contribution in [3.05, 3.63) is 48.0 Å². The van der Waals surface area contributed by atoms with Gasteiger partial charge >= 0.3 is 5.97 Å². The molecule has 0 aliphatic carbocycles. The lowest BCUT2D eigenvalue weighted by Gasteiger charge is -2.00. The van der Waals surface area contributed by atoms with Crippen molar-refractivity contribution in [2.45, 2.75) is 4.90 Å². The van der Waals surface area contributed by atoms with Gasteiger partial charge in [-0.2, -0.15) is 10.2 Å². The van der Waals surface area contributed by atoms with E-state index >= 15 is 0 Å². The summed E-state index contributed by atoms with van der Waals surface area (Å²) < 4.78 is 22.5. The largest absolute Gasteiger partial charge is 0.507 e. The minimum Gasteiger partial charge on any atom is -0.507 e. The van der Waals surface area contributed by atoms with E-state index in [-0.39, 0.29) is 27.6 Å². The Bertz CT molecular complexity index is 862. The van der Waals surface area contributed by atoms with E-state index in [9.17, 15) is 18.3 Å². The van der Waals surface area contributed by atoms with E-state index in [2.05, 4.69) is 10.2 Å². The predicted molar refractivity (Wildman–Crippen MR) is 77.1 cm³/mol. The maximum absolute atomic E-state index is 11.2. The van der Waals surface area contributed by atoms with Gasteiger partial charge in [-0.3, -0.25) is 0 Å². The second-order valence-electron chi connectivity index (χ2n) is 4.25. The normalized spacial score (nSPS) is 11.7. The van der Waals surface area contributed by atoms with Crippen molar-refractivity contribution in [1.82, 2.24) is 0 Å². The zero-order valence-electron chi connectivity index (χ0n) is 11.0. The molecule has 114 valence electrons. The third-order valence-corrected chi connectivity index (χ3v) is 3.55. The van der Waals surface area contributed by atoms with Gasteiger partial charge in [-0.1, -0.05) is 6.07 Å². The lowest BCUT2D eigenvalue weighted by molar-refractivity contribution is 0.0693. The number of hydrogen-bond donors (Lipinski definition) is 3. The van der Waals surface area contributed by atoms with Crippen molar-refractivity contribution in [3.63, 3.8) is 0 Å². The SMILES string of the molecule is NS(=O)(=O)c1cccc(N=Nc2ccc(O)c(C(=O)O)c2)c1. The first-order valence-electron chi connectivity index (χ1n) is 5.88. The van der Waals surface area contributed by atoms with E-state index in [4.69, 9.17) is 10.2 Å². The standard InChI is InChI=1S/C13H11N3O5S/c14-22(20,21)10-3-1-2-8(6-10)15-16-9-4-5-12(17)11(7-9)13(18)19/h1-7,17H,(H,18,19)(H2,14,20,21). The Morgan fingerprint density at radius 2 is 1.68 bits per heavy atom. The number of aromatic carboxylic acids is 1. The summed E-state index contributed by atoms with van der Waals surface area (Å²) in [6.07, 6.45) is 0. The highest BCUT2D eigenvalue weighted by Crippen LogP contribution is 2.25. The number of phenols is 1. The Hall–Kier alpha value is -2.78. The number of carboxylic acids is 1. The molecule has 0 fully saturated rings. The molecule has 2 aromatic carbocycles. The van der Waals surface area contributed by atoms with Crippen LogP contribution < -0.4 is 5.14 Å². The zero-order chi connectivity index (χ0) is 16.3. The summed E-state index contributed by atoms with van der Waals surface area (Å²) in [6, 6.07) is 9.21. The summed E-state index contributed by atoms with van der Waals surface area (Å²) in [4.78, 5) is 10.8. The molecule has 2 aromatic rings. The Labute approximate surface area is 125 Å². The van der Waals surface area contributed by atoms with Crippen molar-refractivity contribution in [2.75, 3.05) is 0 Å². The Balaban J connectivity index is 2.33. The summed E-state index contributed by atoms with van der Waals surface area (Å²) in [7, 11) is -3.84. The molecule has 0 aliphatic heterocycles. The minimum absolute atomic E-state index is 0.110. The molecule has 0 aliphatic rings. The molecule has 0 heterocycles. The third kappa shape index (κ3) is 3.65. The average molecular weight is 321 g/mol. The van der Waals surface area contributed by atoms with Crippen LogP contribution >= 0.6 is 0 Å². The molecule has 8 nitrogen and oxygen atoms in total. The number of primary sulfonamides is 1. The van der Waals surface area contributed by atoms with Crippen molar-refractivity contribution >= 4 is 27.4 Å². The molecule has 9 heteroatoms. The van der Waals surface area contributed by atoms with Gasteiger partial charge in [0.15, 0.2) is 0 Å². The highest BCUT2D eigenvalue weighted by atomic mass is 32.2. The van der Waals surface area contributed by atoms with Crippen LogP contribution in [0.1, 0.15) is 10.4 Å². The maximum Gasteiger partial charge on any atom is 0.339 e. The molecule has 0 aromatic heterocycles. The van der Waals surface area contributed by atoms with Crippen molar-refractivity contribution < 1.29 is 23.4 Å². The van der Waals surface area contributed by atoms with Gasteiger partial charge in [-0.25, -0.2) is 18.4 Å². The molecule has 0 unspecified atom stereocenters. The molecule has 4 N–H and O–H groups in total. The van der Waals surface area contributed by atoms with Crippen LogP contribution in [0.4, 0.5) is 11.4 Å². The van der Waals surface area contributed by atoms with Gasteiger partial charge in [0.05, 0.1) is 16.3 Å². The van der Waals surface area contributed by atoms with Crippen LogP contribution in [0, 0.1) is 0 Å². The lowest BCUT2D eigenvalue weighted by atomic mass is 10.2. The van der Waals surface area contributed by atoms with Crippen LogP contribution in [0.15, 0.2) is 57.6 Å². The molecular weight excluding hydrogens is 310 g/mol. The highest BCUT2D eigenvalue weighted by molar-refractivity contribution is 7.89. The molecule has 0 bridgehead atoms. The fourth-order valence-electron chi connectivity index (χ4n) is 1.60. The number of aromatic hydroxyl groups is 1. The van der Waals surface area contributed by atoms with Crippen LogP contribution in [-0.4, -0.2) is 24.6 Å². The van der Waals surface area contributed by atoms with E-state index < -0.39 is 16.0 Å². The number of nitrogens with two attached hydrogens (primary N) is 1. The first-order valence-corrected chi connectivity index (χ1v) is 7.43. The van der Waals surface area contributed by atoms with E-state index in [1.54, 1.807) is 0 Å². The van der Waals surface area contributed by atoms with Crippen molar-refractivity contribution in [3.8, 4) is 5.75 Å². The summed E-state index contributed by atoms with van der Waals surface area (Å²) in [5.74, 6) is -1.69. The highest BCUT2D eigenvalue weighted by Gasteiger charge is 2.10. The lowest BCUT2D eigenvalue weighted by Crippen LogP contribution is -2.11. The number of azo groups is 1. The number of carbonyl (C=O) groups is 1. The number of hydrogen-bond acceptors (Lipinski definition) is 6. The number of rotatable bonds is 4. The molecule has 22 heavy (non-hydrogen) atoms. The number of sulfonamides is 1. The van der Waals surface area contributed by atoms with Gasteiger partial charge in [0.2, 0.25) is 10.0 Å². The van der Waals surface area contributed by atoms with Crippen molar-refractivity contribution in [1.29, 1.82) is 0 Å². The molecule has 2 rings (SSSR count). The second kappa shape index (κ2) is 5.92. The van der Waals surface area contributed by atoms with Gasteiger partial charge in [-0.05, 0) is 36.4 Å². The van der Waals surface area contributed by atoms with E-state index in [0.717, 1.165) is 6.07 Å². The molecule has 0 amide bonds. The molecule has 0 radical (unpaired) electrons. The number of nitrogens with zero attached hydrogens (tertiary/aromatic N) is 2. The molecule has 0 atom stereocenters. The van der Waals surface area contributed by atoms with Gasteiger partial charge in [0.1, 0.15) is 11.3 Å². The van der Waals surface area contributed by atoms with Crippen molar-refractivity contribution in [2.24, 2.45) is 15.4 Å². The molecular formula is C13H11N3O5S. The van der Waals surface area contributed by atoms with Gasteiger partial charge < -0.3 is 10.2 Å². The molecule has 0 spiro atoms. The van der Waals surface area contributed by atoms with Crippen LogP contribution in [0.25, 0.3) is 0 Å². The van der Waals surface area contributed by atoms with Crippen LogP contribution in [0.5, 0.6) is 5.75 Å². The summed E-state index contributed by atoms with van der Waals surface area (Å²) in [5.41, 5.74) is 0.113. The van der Waals surface area contributed by atoms with E-state index in [0.29, 0.717) is 0 Å². The summed E-state index contributed by atoms with van der Waals surface area (Å²) in [6.45, 7) is 0. The maximum atomic E-state index is 11.2. The van der Waals surface area contributed by atoms with Crippen LogP contribution in [0.2, 0.25) is 0 Å².